The monoisotopic (exact) mass is 215 g/mol. The molecule has 0 N–H and O–H groups in total. The van der Waals surface area contributed by atoms with Crippen molar-refractivity contribution < 1.29 is 9.53 Å². The van der Waals surface area contributed by atoms with E-state index in [1.54, 1.807) is 0 Å². The van der Waals surface area contributed by atoms with E-state index < -0.39 is 0 Å². The van der Waals surface area contributed by atoms with Gasteiger partial charge in [-0.2, -0.15) is 0 Å². The van der Waals surface area contributed by atoms with Crippen LogP contribution in [-0.4, -0.2) is 37.6 Å². The summed E-state index contributed by atoms with van der Waals surface area (Å²) in [4.78, 5) is 13.3. The third-order valence-electron chi connectivity index (χ3n) is 2.56. The zero-order valence-electron chi connectivity index (χ0n) is 10.6. The van der Waals surface area contributed by atoms with Crippen molar-refractivity contribution in [1.82, 2.24) is 4.90 Å². The molecular weight excluding hydrogens is 190 g/mol. The van der Waals surface area contributed by atoms with Gasteiger partial charge in [0.15, 0.2) is 0 Å². The number of nitrogens with zero attached hydrogens (tertiary/aromatic N) is 1. The van der Waals surface area contributed by atoms with Gasteiger partial charge in [-0.25, -0.2) is 0 Å². The van der Waals surface area contributed by atoms with Gasteiger partial charge in [0.1, 0.15) is 0 Å². The average Bonchev–Trinajstić information content (AvgIpc) is 2.22. The quantitative estimate of drug-likeness (QED) is 0.582. The van der Waals surface area contributed by atoms with Gasteiger partial charge in [0.25, 0.3) is 0 Å². The van der Waals surface area contributed by atoms with Crippen LogP contribution in [0.15, 0.2) is 0 Å². The second-order valence-corrected chi connectivity index (χ2v) is 4.30. The molecule has 3 nitrogen and oxygen atoms in total. The highest BCUT2D eigenvalue weighted by molar-refractivity contribution is 5.69. The fourth-order valence-corrected chi connectivity index (χ4v) is 1.50. The predicted molar refractivity (Wildman–Crippen MR) is 62.8 cm³/mol. The van der Waals surface area contributed by atoms with Gasteiger partial charge in [0, 0.05) is 6.54 Å². The van der Waals surface area contributed by atoms with Gasteiger partial charge in [-0.05, 0) is 31.8 Å². The van der Waals surface area contributed by atoms with Crippen LogP contribution in [0.5, 0.6) is 0 Å². The Morgan fingerprint density at radius 3 is 2.47 bits per heavy atom. The van der Waals surface area contributed by atoms with Gasteiger partial charge in [-0.1, -0.05) is 20.8 Å². The molecule has 0 atom stereocenters. The highest BCUT2D eigenvalue weighted by atomic mass is 16.5. The van der Waals surface area contributed by atoms with Crippen LogP contribution in [0, 0.1) is 5.92 Å². The number of hydrogen-bond donors (Lipinski definition) is 0. The third kappa shape index (κ3) is 8.43. The van der Waals surface area contributed by atoms with Crippen LogP contribution < -0.4 is 0 Å². The minimum Gasteiger partial charge on any atom is -0.469 e. The molecule has 0 aromatic rings. The lowest BCUT2D eigenvalue weighted by molar-refractivity contribution is -0.140. The van der Waals surface area contributed by atoms with Gasteiger partial charge in [0.05, 0.1) is 13.5 Å². The highest BCUT2D eigenvalue weighted by Gasteiger charge is 2.06. The van der Waals surface area contributed by atoms with E-state index >= 15 is 0 Å². The van der Waals surface area contributed by atoms with E-state index in [1.165, 1.54) is 20.0 Å². The van der Waals surface area contributed by atoms with Crippen molar-refractivity contribution in [2.75, 3.05) is 26.7 Å². The van der Waals surface area contributed by atoms with Crippen molar-refractivity contribution in [2.45, 2.75) is 40.0 Å². The van der Waals surface area contributed by atoms with Crippen LogP contribution in [0.2, 0.25) is 0 Å². The molecule has 0 aliphatic carbocycles. The Labute approximate surface area is 93.8 Å². The molecule has 0 heterocycles. The van der Waals surface area contributed by atoms with Crippen LogP contribution in [0.3, 0.4) is 0 Å². The molecule has 0 radical (unpaired) electrons. The Bertz CT molecular complexity index is 169. The summed E-state index contributed by atoms with van der Waals surface area (Å²) >= 11 is 0. The molecule has 0 aliphatic heterocycles. The maximum atomic E-state index is 11.0. The van der Waals surface area contributed by atoms with Gasteiger partial charge in [-0.15, -0.1) is 0 Å². The number of rotatable bonds is 8. The second-order valence-electron chi connectivity index (χ2n) is 4.30. The normalized spacial score (nSPS) is 11.1. The summed E-state index contributed by atoms with van der Waals surface area (Å²) in [6.45, 7) is 9.53. The molecule has 0 spiro atoms. The first-order chi connectivity index (χ1) is 7.10. The van der Waals surface area contributed by atoms with Crippen LogP contribution in [-0.2, 0) is 9.53 Å². The topological polar surface area (TPSA) is 29.5 Å². The first-order valence-electron chi connectivity index (χ1n) is 5.89. The summed E-state index contributed by atoms with van der Waals surface area (Å²) in [5, 5.41) is 0. The van der Waals surface area contributed by atoms with Crippen LogP contribution in [0.1, 0.15) is 40.0 Å². The minimum atomic E-state index is -0.114. The Balaban J connectivity index is 3.59. The SMILES string of the molecule is CCN(CCCC(C)C)CCC(=O)OC. The number of ether oxygens (including phenoxy) is 1. The van der Waals surface area contributed by atoms with Crippen LogP contribution in [0.4, 0.5) is 0 Å². The summed E-state index contributed by atoms with van der Waals surface area (Å²) in [6, 6.07) is 0. The molecule has 0 rings (SSSR count). The molecule has 0 unspecified atom stereocenters. The summed E-state index contributed by atoms with van der Waals surface area (Å²) < 4.78 is 4.62. The summed E-state index contributed by atoms with van der Waals surface area (Å²) in [6.07, 6.45) is 2.98. The summed E-state index contributed by atoms with van der Waals surface area (Å²) in [5.41, 5.74) is 0. The first kappa shape index (κ1) is 14.4. The largest absolute Gasteiger partial charge is 0.469 e. The Hall–Kier alpha value is -0.570. The summed E-state index contributed by atoms with van der Waals surface area (Å²) in [5.74, 6) is 0.654. The van der Waals surface area contributed by atoms with Crippen molar-refractivity contribution >= 4 is 5.97 Å². The molecule has 0 saturated carbocycles. The zero-order chi connectivity index (χ0) is 11.7. The highest BCUT2D eigenvalue weighted by Crippen LogP contribution is 2.05. The molecule has 3 heteroatoms. The van der Waals surface area contributed by atoms with Crippen LogP contribution >= 0.6 is 0 Å². The fourth-order valence-electron chi connectivity index (χ4n) is 1.50. The maximum Gasteiger partial charge on any atom is 0.306 e. The van der Waals surface area contributed by atoms with E-state index in [0.717, 1.165) is 25.6 Å². The van der Waals surface area contributed by atoms with E-state index in [0.29, 0.717) is 6.42 Å². The second kappa shape index (κ2) is 8.72. The molecule has 0 saturated heterocycles. The van der Waals surface area contributed by atoms with E-state index in [9.17, 15) is 4.79 Å². The molecule has 0 aromatic carbocycles. The lowest BCUT2D eigenvalue weighted by atomic mass is 10.1. The number of carbonyl (C=O) groups excluding carboxylic acids is 1. The van der Waals surface area contributed by atoms with Crippen LogP contribution in [0.25, 0.3) is 0 Å². The Morgan fingerprint density at radius 2 is 2.00 bits per heavy atom. The molecular formula is C12H25NO2. The van der Waals surface area contributed by atoms with Crippen molar-refractivity contribution in [1.29, 1.82) is 0 Å². The third-order valence-corrected chi connectivity index (χ3v) is 2.56. The molecule has 0 aromatic heterocycles. The first-order valence-corrected chi connectivity index (χ1v) is 5.89. The lowest BCUT2D eigenvalue weighted by Crippen LogP contribution is -2.27. The van der Waals surface area contributed by atoms with Crippen molar-refractivity contribution in [2.24, 2.45) is 5.92 Å². The molecule has 0 amide bonds. The van der Waals surface area contributed by atoms with Gasteiger partial charge in [0.2, 0.25) is 0 Å². The van der Waals surface area contributed by atoms with Crippen molar-refractivity contribution in [3.05, 3.63) is 0 Å². The smallest absolute Gasteiger partial charge is 0.306 e. The Kier molecular flexibility index (Phi) is 8.38. The molecule has 0 aliphatic rings. The fraction of sp³-hybridized carbons (Fsp3) is 0.917. The van der Waals surface area contributed by atoms with Gasteiger partial charge in [-0.3, -0.25) is 4.79 Å². The number of hydrogen-bond acceptors (Lipinski definition) is 3. The number of esters is 1. The molecule has 0 fully saturated rings. The van der Waals surface area contributed by atoms with Crippen molar-refractivity contribution in [3.8, 4) is 0 Å². The van der Waals surface area contributed by atoms with Gasteiger partial charge < -0.3 is 9.64 Å². The average molecular weight is 215 g/mol. The lowest BCUT2D eigenvalue weighted by Gasteiger charge is -2.19. The number of carbonyl (C=O) groups is 1. The zero-order valence-corrected chi connectivity index (χ0v) is 10.6. The molecule has 90 valence electrons. The van der Waals surface area contributed by atoms with E-state index in [1.807, 2.05) is 0 Å². The van der Waals surface area contributed by atoms with Crippen molar-refractivity contribution in [3.63, 3.8) is 0 Å². The van der Waals surface area contributed by atoms with E-state index in [-0.39, 0.29) is 5.97 Å². The predicted octanol–water partition coefficient (Wildman–Crippen LogP) is 2.31. The molecule has 15 heavy (non-hydrogen) atoms. The Morgan fingerprint density at radius 1 is 1.33 bits per heavy atom. The van der Waals surface area contributed by atoms with Gasteiger partial charge >= 0.3 is 5.97 Å². The minimum absolute atomic E-state index is 0.114. The van der Waals surface area contributed by atoms with E-state index in [2.05, 4.69) is 30.4 Å². The van der Waals surface area contributed by atoms with E-state index in [4.69, 9.17) is 0 Å². The standard InChI is InChI=1S/C12H25NO2/c1-5-13(9-6-7-11(2)3)10-8-12(14)15-4/h11H,5-10H2,1-4H3. The molecule has 0 bridgehead atoms. The summed E-state index contributed by atoms with van der Waals surface area (Å²) in [7, 11) is 1.44. The number of methoxy groups -OCH3 is 1. The maximum absolute atomic E-state index is 11.0.